The second-order valence-electron chi connectivity index (χ2n) is 5.34. The van der Waals surface area contributed by atoms with Crippen molar-refractivity contribution in [3.05, 3.63) is 0 Å². The summed E-state index contributed by atoms with van der Waals surface area (Å²) in [5.41, 5.74) is 10.1. The number of aldehydes is 2. The van der Waals surface area contributed by atoms with Gasteiger partial charge in [-0.05, 0) is 0 Å². The molecule has 8 atom stereocenters. The van der Waals surface area contributed by atoms with E-state index in [9.17, 15) is 9.59 Å². The summed E-state index contributed by atoms with van der Waals surface area (Å²) < 4.78 is 31.6. The molecule has 0 aliphatic rings. The summed E-state index contributed by atoms with van der Waals surface area (Å²) in [6.07, 6.45) is -8.85. The second-order valence-corrected chi connectivity index (χ2v) is 6.23. The molecule has 176 valence electrons. The molecule has 19 heteroatoms. The molecule has 0 heterocycles. The van der Waals surface area contributed by atoms with Crippen LogP contribution in [0.2, 0.25) is 0 Å². The number of carbonyl (C=O) groups excluding carboxylic acids is 2. The third-order valence-electron chi connectivity index (χ3n) is 2.97. The molecule has 0 radical (unpaired) electrons. The summed E-state index contributed by atoms with van der Waals surface area (Å²) in [5.74, 6) is 0. The zero-order valence-electron chi connectivity index (χ0n) is 16.9. The number of carbonyl (C=O) groups is 2. The molecule has 0 amide bonds. The van der Waals surface area contributed by atoms with Crippen molar-refractivity contribution in [2.24, 2.45) is 11.5 Å². The van der Waals surface area contributed by atoms with Gasteiger partial charge in [0.1, 0.15) is 49.2 Å². The molecule has 0 aromatic heterocycles. The van der Waals surface area contributed by atoms with Crippen molar-refractivity contribution < 1.29 is 171 Å². The summed E-state index contributed by atoms with van der Waals surface area (Å²) in [7, 11) is -4.67. The first-order valence-electron chi connectivity index (χ1n) is 7.50. The second kappa shape index (κ2) is 23.8. The molecule has 0 rings (SSSR count). The normalized spacial score (nSPS) is 18.2. The Morgan fingerprint density at radius 2 is 0.839 bits per heavy atom. The van der Waals surface area contributed by atoms with Gasteiger partial charge in [0.15, 0.2) is 0 Å². The van der Waals surface area contributed by atoms with E-state index in [0.717, 1.165) is 0 Å². The van der Waals surface area contributed by atoms with Crippen LogP contribution in [0.3, 0.4) is 0 Å². The van der Waals surface area contributed by atoms with E-state index < -0.39 is 72.3 Å². The fourth-order valence-corrected chi connectivity index (χ4v) is 1.29. The van der Waals surface area contributed by atoms with E-state index in [2.05, 4.69) is 0 Å². The van der Waals surface area contributed by atoms with E-state index in [1.165, 1.54) is 0 Å². The molecule has 0 spiro atoms. The predicted molar refractivity (Wildman–Crippen MR) is 92.5 cm³/mol. The van der Waals surface area contributed by atoms with Crippen molar-refractivity contribution in [3.8, 4) is 0 Å². The van der Waals surface area contributed by atoms with E-state index >= 15 is 0 Å². The van der Waals surface area contributed by atoms with Gasteiger partial charge in [0.2, 0.25) is 0 Å². The Morgan fingerprint density at radius 3 is 0.968 bits per heavy atom. The largest absolute Gasteiger partial charge is 1.00 e. The standard InChI is InChI=1S/2C6H13NO5.2K.H2O4S/c2*7-3(1-8)5(11)6(12)4(10)2-9;;;1-5(2,3)4/h2*1,3-6,9-12H,2,7H2;;;(H2,1,2,3,4)/q;;2*+1;/t2*3-,4+,5+,6+;;;/m00.../s1. The monoisotopic (exact) mass is 534 g/mol. The van der Waals surface area contributed by atoms with Crippen LogP contribution in [0, 0.1) is 0 Å². The summed E-state index contributed by atoms with van der Waals surface area (Å²) >= 11 is 0. The van der Waals surface area contributed by atoms with Gasteiger partial charge >= 0.3 is 113 Å². The van der Waals surface area contributed by atoms with Gasteiger partial charge in [-0.25, -0.2) is 0 Å². The molecule has 0 bridgehead atoms. The Kier molecular flexibility index (Phi) is 33.2. The number of rotatable bonds is 10. The third kappa shape index (κ3) is 25.0. The topological polar surface area (TPSA) is 323 Å². The van der Waals surface area contributed by atoms with Crippen LogP contribution in [0.15, 0.2) is 0 Å². The third-order valence-corrected chi connectivity index (χ3v) is 2.97. The van der Waals surface area contributed by atoms with Gasteiger partial charge in [-0.2, -0.15) is 8.42 Å². The van der Waals surface area contributed by atoms with Crippen molar-refractivity contribution in [3.63, 3.8) is 0 Å². The van der Waals surface area contributed by atoms with Gasteiger partial charge in [0.05, 0.1) is 25.3 Å². The van der Waals surface area contributed by atoms with Gasteiger partial charge in [-0.3, -0.25) is 9.11 Å². The summed E-state index contributed by atoms with van der Waals surface area (Å²) in [6, 6.07) is -2.53. The average molecular weight is 535 g/mol. The SMILES string of the molecule is N[C@@H](C=O)[C@@H](O)[C@H](O)[C@H](O)CO.N[C@@H](C=O)[C@@H](O)[C@H](O)[C@H](O)CO.O=S(=O)(O)O.[K+].[K+]. The van der Waals surface area contributed by atoms with Crippen molar-refractivity contribution in [1.82, 2.24) is 0 Å². The molecule has 0 aromatic carbocycles. The van der Waals surface area contributed by atoms with Crippen LogP contribution >= 0.6 is 0 Å². The number of aliphatic hydroxyl groups is 8. The van der Waals surface area contributed by atoms with E-state index in [0.29, 0.717) is 0 Å². The number of nitrogens with two attached hydrogens (primary N) is 2. The Morgan fingerprint density at radius 1 is 0.645 bits per heavy atom. The summed E-state index contributed by atoms with van der Waals surface area (Å²) in [5, 5.41) is 70.3. The quantitative estimate of drug-likeness (QED) is 0.0702. The van der Waals surface area contributed by atoms with Gasteiger partial charge in [-0.1, -0.05) is 0 Å². The number of hydrogen-bond donors (Lipinski definition) is 12. The smallest absolute Gasteiger partial charge is 0.394 e. The molecule has 31 heavy (non-hydrogen) atoms. The van der Waals surface area contributed by atoms with Crippen molar-refractivity contribution in [1.29, 1.82) is 0 Å². The van der Waals surface area contributed by atoms with Crippen LogP contribution < -0.4 is 114 Å². The summed E-state index contributed by atoms with van der Waals surface area (Å²) in [6.45, 7) is -1.41. The number of aliphatic hydroxyl groups excluding tert-OH is 8. The molecular formula is C12H28K2N2O14S+2. The van der Waals surface area contributed by atoms with E-state index in [1.807, 2.05) is 0 Å². The maximum absolute atomic E-state index is 10.0. The maximum atomic E-state index is 10.0. The van der Waals surface area contributed by atoms with Gasteiger partial charge in [0.25, 0.3) is 0 Å². The van der Waals surface area contributed by atoms with Crippen LogP contribution in [0.5, 0.6) is 0 Å². The van der Waals surface area contributed by atoms with E-state index in [4.69, 9.17) is 69.8 Å². The minimum atomic E-state index is -4.67. The summed E-state index contributed by atoms with van der Waals surface area (Å²) in [4.78, 5) is 20.0. The van der Waals surface area contributed by atoms with Gasteiger partial charge in [-0.15, -0.1) is 0 Å². The molecule has 0 saturated heterocycles. The first-order chi connectivity index (χ1) is 13.1. The average Bonchev–Trinajstić information content (AvgIpc) is 2.67. The fourth-order valence-electron chi connectivity index (χ4n) is 1.29. The molecular weight excluding hydrogens is 506 g/mol. The molecule has 0 unspecified atom stereocenters. The van der Waals surface area contributed by atoms with Crippen molar-refractivity contribution in [2.45, 2.75) is 48.7 Å². The maximum Gasteiger partial charge on any atom is 1.00 e. The van der Waals surface area contributed by atoms with Crippen molar-refractivity contribution in [2.75, 3.05) is 13.2 Å². The van der Waals surface area contributed by atoms with Crippen LogP contribution in [0.4, 0.5) is 0 Å². The zero-order valence-corrected chi connectivity index (χ0v) is 23.9. The van der Waals surface area contributed by atoms with Crippen LogP contribution in [0.25, 0.3) is 0 Å². The first-order valence-corrected chi connectivity index (χ1v) is 8.90. The number of hydrogen-bond acceptors (Lipinski definition) is 14. The van der Waals surface area contributed by atoms with Gasteiger partial charge < -0.3 is 61.9 Å². The van der Waals surface area contributed by atoms with Crippen molar-refractivity contribution >= 4 is 23.0 Å². The molecule has 16 nitrogen and oxygen atoms in total. The Labute approximate surface area is 263 Å². The Balaban J connectivity index is -0.000000114. The van der Waals surface area contributed by atoms with Crippen LogP contribution in [-0.4, -0.2) is 133 Å². The minimum absolute atomic E-state index is 0. The minimum Gasteiger partial charge on any atom is -0.394 e. The van der Waals surface area contributed by atoms with Crippen LogP contribution in [-0.2, 0) is 20.0 Å². The zero-order chi connectivity index (χ0) is 23.9. The molecule has 0 saturated carbocycles. The molecule has 0 fully saturated rings. The predicted octanol–water partition coefficient (Wildman–Crippen LogP) is -13.5. The van der Waals surface area contributed by atoms with Gasteiger partial charge in [0, 0.05) is 0 Å². The Bertz CT molecular complexity index is 505. The van der Waals surface area contributed by atoms with Crippen LogP contribution in [0.1, 0.15) is 0 Å². The molecule has 0 aliphatic carbocycles. The van der Waals surface area contributed by atoms with E-state index in [1.54, 1.807) is 0 Å². The first kappa shape index (κ1) is 43.2. The van der Waals surface area contributed by atoms with E-state index in [-0.39, 0.29) is 115 Å². The Hall–Kier alpha value is 2.08. The fraction of sp³-hybridized carbons (Fsp3) is 0.833. The molecule has 14 N–H and O–H groups in total. The molecule has 0 aliphatic heterocycles. The molecule has 0 aromatic rings.